The summed E-state index contributed by atoms with van der Waals surface area (Å²) in [6.45, 7) is 12.0. The van der Waals surface area contributed by atoms with Crippen molar-refractivity contribution in [2.24, 2.45) is 0 Å². The van der Waals surface area contributed by atoms with E-state index in [2.05, 4.69) is 116 Å². The number of halogens is 3. The van der Waals surface area contributed by atoms with Crippen LogP contribution in [0.4, 0.5) is 0 Å². The van der Waals surface area contributed by atoms with Crippen molar-refractivity contribution in [2.75, 3.05) is 0 Å². The molecule has 2 atom stereocenters. The number of allylic oxidation sites excluding steroid dienone is 3. The molecule has 3 aromatic heterocycles. The molecule has 3 heterocycles. The maximum Gasteiger partial charge on any atom is 0.0743 e. The van der Waals surface area contributed by atoms with E-state index in [1.165, 1.54) is 40.6 Å². The molecule has 0 saturated heterocycles. The van der Waals surface area contributed by atoms with Gasteiger partial charge in [0.25, 0.3) is 0 Å². The normalized spacial score (nSPS) is 20.5. The predicted octanol–water partition coefficient (Wildman–Crippen LogP) is 11.3. The lowest BCUT2D eigenvalue weighted by Gasteiger charge is -2.37. The molecule has 2 unspecified atom stereocenters. The highest BCUT2D eigenvalue weighted by Crippen LogP contribution is 2.56. The maximum absolute atomic E-state index is 3.73. The fraction of sp³-hybridized carbons (Fsp3) is 0.308. The predicted molar refractivity (Wildman–Crippen MR) is 164 cm³/mol. The van der Waals surface area contributed by atoms with Crippen molar-refractivity contribution in [1.82, 2.24) is 0 Å². The monoisotopic (exact) mass is 698 g/mol. The van der Waals surface area contributed by atoms with Gasteiger partial charge in [0.05, 0.1) is 8.07 Å². The van der Waals surface area contributed by atoms with Crippen molar-refractivity contribution in [3.05, 3.63) is 77.6 Å². The molecule has 0 N–H and O–H groups in total. The minimum absolute atomic E-state index is 0.633. The van der Waals surface area contributed by atoms with E-state index in [0.29, 0.717) is 11.1 Å². The Morgan fingerprint density at radius 2 is 1.15 bits per heavy atom. The number of thiophene rings is 3. The van der Waals surface area contributed by atoms with Crippen LogP contribution < -0.4 is 0 Å². The fourth-order valence-electron chi connectivity index (χ4n) is 5.72. The van der Waals surface area contributed by atoms with Gasteiger partial charge < -0.3 is 0 Å². The summed E-state index contributed by atoms with van der Waals surface area (Å²) in [5.41, 5.74) is 10.1. The molecule has 0 radical (unpaired) electrons. The third kappa shape index (κ3) is 4.17. The Kier molecular flexibility index (Phi) is 6.82. The lowest BCUT2D eigenvalue weighted by atomic mass is 10.2. The molecule has 0 spiro atoms. The standard InChI is InChI=1S/C18H18Br2S2Si.C8H7BrS/c1-9-5-11-13(19)7-21-15(11)17(9)23(3,4)18-10(2)6-12-14(20)8-22-16(12)18;1-5-2-6-7(9)4-10-8(6)3-5/h5-8,17-18H,1-4H3;2,4H,3H2,1H3. The molecule has 0 nitrogen and oxygen atoms in total. The Hall–Kier alpha value is -0.0231. The number of fused-ring (bicyclic) bond motifs is 3. The van der Waals surface area contributed by atoms with Crippen molar-refractivity contribution >= 4 is 108 Å². The first-order valence-corrected chi connectivity index (χ1v) is 19.1. The minimum atomic E-state index is -1.60. The first-order valence-electron chi connectivity index (χ1n) is 10.9. The van der Waals surface area contributed by atoms with Crippen LogP contribution in [0, 0.1) is 0 Å². The van der Waals surface area contributed by atoms with Crippen LogP contribution in [0.5, 0.6) is 0 Å². The summed E-state index contributed by atoms with van der Waals surface area (Å²) < 4.78 is 3.79. The van der Waals surface area contributed by atoms with Gasteiger partial charge in [0, 0.05) is 78.4 Å². The van der Waals surface area contributed by atoms with Gasteiger partial charge >= 0.3 is 0 Å². The van der Waals surface area contributed by atoms with Gasteiger partial charge in [0.1, 0.15) is 0 Å². The van der Waals surface area contributed by atoms with Crippen LogP contribution in [0.15, 0.2) is 46.3 Å². The Morgan fingerprint density at radius 1 is 0.697 bits per heavy atom. The zero-order chi connectivity index (χ0) is 23.7. The van der Waals surface area contributed by atoms with E-state index in [1.807, 2.05) is 34.0 Å². The van der Waals surface area contributed by atoms with E-state index in [4.69, 9.17) is 0 Å². The van der Waals surface area contributed by atoms with Crippen LogP contribution >= 0.6 is 81.8 Å². The Morgan fingerprint density at radius 3 is 1.64 bits per heavy atom. The van der Waals surface area contributed by atoms with Gasteiger partial charge in [-0.1, -0.05) is 48.0 Å². The van der Waals surface area contributed by atoms with Crippen LogP contribution in [0.3, 0.4) is 0 Å². The van der Waals surface area contributed by atoms with Crippen molar-refractivity contribution in [2.45, 2.75) is 51.4 Å². The molecule has 0 amide bonds. The third-order valence-electron chi connectivity index (χ3n) is 6.98. The van der Waals surface area contributed by atoms with Crippen LogP contribution in [-0.4, -0.2) is 8.07 Å². The number of hydrogen-bond acceptors (Lipinski definition) is 3. The molecule has 172 valence electrons. The first-order chi connectivity index (χ1) is 15.6. The van der Waals surface area contributed by atoms with Gasteiger partial charge in [0.2, 0.25) is 0 Å². The molecule has 3 aliphatic carbocycles. The van der Waals surface area contributed by atoms with Gasteiger partial charge in [-0.25, -0.2) is 0 Å². The molecular weight excluding hydrogens is 676 g/mol. The van der Waals surface area contributed by atoms with Gasteiger partial charge in [0.15, 0.2) is 0 Å². The summed E-state index contributed by atoms with van der Waals surface area (Å²) in [6.07, 6.45) is 8.24. The Labute approximate surface area is 234 Å². The van der Waals surface area contributed by atoms with E-state index in [-0.39, 0.29) is 0 Å². The SMILES string of the molecule is CC1=Cc2c(Br)csc2C1.CC1=Cc2c(Br)csc2C1[Si](C)(C)C1C(C)=Cc2c(Br)csc21. The highest BCUT2D eigenvalue weighted by atomic mass is 79.9. The quantitative estimate of drug-likeness (QED) is 0.233. The third-order valence-corrected chi connectivity index (χ3v) is 17.9. The lowest BCUT2D eigenvalue weighted by molar-refractivity contribution is 0.994. The van der Waals surface area contributed by atoms with Crippen LogP contribution in [0.25, 0.3) is 18.2 Å². The van der Waals surface area contributed by atoms with E-state index in [9.17, 15) is 0 Å². The summed E-state index contributed by atoms with van der Waals surface area (Å²) in [5, 5.41) is 6.68. The van der Waals surface area contributed by atoms with E-state index in [1.54, 1.807) is 20.9 Å². The largest absolute Gasteiger partial charge is 0.147 e. The van der Waals surface area contributed by atoms with E-state index in [0.717, 1.165) is 6.42 Å². The van der Waals surface area contributed by atoms with Crippen molar-refractivity contribution in [3.8, 4) is 0 Å². The van der Waals surface area contributed by atoms with Crippen LogP contribution in [-0.2, 0) is 6.42 Å². The van der Waals surface area contributed by atoms with Gasteiger partial charge in [-0.05, 0) is 68.6 Å². The molecule has 3 aliphatic rings. The van der Waals surface area contributed by atoms with Crippen LogP contribution in [0.1, 0.15) is 63.2 Å². The fourth-order valence-corrected chi connectivity index (χ4v) is 17.6. The molecular formula is C26H25Br3S3Si. The zero-order valence-corrected chi connectivity index (χ0v) is 27.4. The van der Waals surface area contributed by atoms with Crippen molar-refractivity contribution in [1.29, 1.82) is 0 Å². The topological polar surface area (TPSA) is 0 Å². The lowest BCUT2D eigenvalue weighted by Crippen LogP contribution is -2.41. The van der Waals surface area contributed by atoms with E-state index >= 15 is 0 Å². The van der Waals surface area contributed by atoms with Crippen molar-refractivity contribution < 1.29 is 0 Å². The smallest absolute Gasteiger partial charge is 0.0743 e. The van der Waals surface area contributed by atoms with Gasteiger partial charge in [-0.2, -0.15) is 0 Å². The Balaban J connectivity index is 0.000000190. The number of hydrogen-bond donors (Lipinski definition) is 0. The molecule has 3 aromatic rings. The maximum atomic E-state index is 3.73. The zero-order valence-electron chi connectivity index (χ0n) is 19.2. The molecule has 7 heteroatoms. The van der Waals surface area contributed by atoms with Gasteiger partial charge in [-0.3, -0.25) is 0 Å². The molecule has 0 saturated carbocycles. The average Bonchev–Trinajstić information content (AvgIpc) is 3.55. The second-order valence-corrected chi connectivity index (χ2v) is 19.9. The molecule has 0 fully saturated rings. The highest BCUT2D eigenvalue weighted by molar-refractivity contribution is 9.11. The molecule has 0 aromatic carbocycles. The highest BCUT2D eigenvalue weighted by Gasteiger charge is 2.48. The average molecular weight is 701 g/mol. The summed E-state index contributed by atoms with van der Waals surface area (Å²) in [7, 11) is -1.60. The second kappa shape index (κ2) is 9.13. The molecule has 33 heavy (non-hydrogen) atoms. The second-order valence-electron chi connectivity index (χ2n) is 9.78. The van der Waals surface area contributed by atoms with Crippen molar-refractivity contribution in [3.63, 3.8) is 0 Å². The minimum Gasteiger partial charge on any atom is -0.147 e. The summed E-state index contributed by atoms with van der Waals surface area (Å²) in [6, 6.07) is 0. The summed E-state index contributed by atoms with van der Waals surface area (Å²) >= 11 is 16.7. The first kappa shape index (κ1) is 24.7. The summed E-state index contributed by atoms with van der Waals surface area (Å²) in [5.74, 6) is 0. The molecule has 0 aliphatic heterocycles. The number of rotatable bonds is 2. The van der Waals surface area contributed by atoms with E-state index < -0.39 is 8.07 Å². The Bertz CT molecular complexity index is 1280. The summed E-state index contributed by atoms with van der Waals surface area (Å²) in [4.78, 5) is 4.68. The molecule has 0 bridgehead atoms. The van der Waals surface area contributed by atoms with Crippen LogP contribution in [0.2, 0.25) is 13.1 Å². The van der Waals surface area contributed by atoms with Gasteiger partial charge in [-0.15, -0.1) is 34.0 Å². The molecule has 6 rings (SSSR count).